The highest BCUT2D eigenvalue weighted by Crippen LogP contribution is 2.22. The van der Waals surface area contributed by atoms with Gasteiger partial charge in [0.25, 0.3) is 0 Å². The van der Waals surface area contributed by atoms with Gasteiger partial charge in [0.05, 0.1) is 17.2 Å². The van der Waals surface area contributed by atoms with Crippen molar-refractivity contribution >= 4 is 27.3 Å². The lowest BCUT2D eigenvalue weighted by molar-refractivity contribution is 0.685. The highest BCUT2D eigenvalue weighted by molar-refractivity contribution is 9.10. The van der Waals surface area contributed by atoms with Crippen LogP contribution in [0, 0.1) is 6.92 Å². The second-order valence-corrected chi connectivity index (χ2v) is 5.61. The highest BCUT2D eigenvalue weighted by Gasteiger charge is 2.05. The van der Waals surface area contributed by atoms with E-state index >= 15 is 0 Å². The average molecular weight is 286 g/mol. The summed E-state index contributed by atoms with van der Waals surface area (Å²) in [5, 5.41) is 4.23. The molecule has 3 nitrogen and oxygen atoms in total. The number of thiophene rings is 1. The summed E-state index contributed by atoms with van der Waals surface area (Å²) in [7, 11) is 0. The third kappa shape index (κ3) is 2.48. The smallest absolute Gasteiger partial charge is 0.0670 e. The van der Waals surface area contributed by atoms with E-state index in [0.717, 1.165) is 11.0 Å². The number of aromatic nitrogens is 2. The Kier molecular flexibility index (Phi) is 3.23. The molecule has 0 bridgehead atoms. The third-order valence-electron chi connectivity index (χ3n) is 2.21. The Balaban J connectivity index is 2.20. The Morgan fingerprint density at radius 2 is 2.40 bits per heavy atom. The third-order valence-corrected chi connectivity index (χ3v) is 3.73. The molecule has 5 heteroatoms. The molecular formula is C10H12BrN3S. The molecule has 2 aromatic heterocycles. The van der Waals surface area contributed by atoms with Crippen molar-refractivity contribution < 1.29 is 0 Å². The molecule has 2 heterocycles. The molecule has 0 aliphatic carbocycles. The van der Waals surface area contributed by atoms with Gasteiger partial charge in [-0.25, -0.2) is 0 Å². The second-order valence-electron chi connectivity index (χ2n) is 3.35. The summed E-state index contributed by atoms with van der Waals surface area (Å²) < 4.78 is 2.92. The first-order valence-electron chi connectivity index (χ1n) is 4.65. The van der Waals surface area contributed by atoms with Crippen molar-refractivity contribution in [3.63, 3.8) is 0 Å². The molecule has 2 rings (SSSR count). The molecule has 0 fully saturated rings. The number of halogens is 1. The molecule has 0 atom stereocenters. The zero-order chi connectivity index (χ0) is 10.8. The summed E-state index contributed by atoms with van der Waals surface area (Å²) in [5.74, 6) is 0. The fourth-order valence-electron chi connectivity index (χ4n) is 1.44. The molecule has 2 aromatic rings. The minimum Gasteiger partial charge on any atom is -0.326 e. The molecule has 2 N–H and O–H groups in total. The minimum atomic E-state index is 0.619. The SMILES string of the molecule is Cc1sc(CN)cc1Cn1cc(Br)cn1. The molecule has 0 saturated heterocycles. The van der Waals surface area contributed by atoms with E-state index in [1.807, 2.05) is 10.9 Å². The molecule has 0 radical (unpaired) electrons. The maximum absolute atomic E-state index is 5.61. The van der Waals surface area contributed by atoms with Gasteiger partial charge < -0.3 is 5.73 Å². The molecule has 80 valence electrons. The summed E-state index contributed by atoms with van der Waals surface area (Å²) >= 11 is 5.14. The van der Waals surface area contributed by atoms with E-state index in [1.165, 1.54) is 15.3 Å². The van der Waals surface area contributed by atoms with Gasteiger partial charge in [-0.05, 0) is 34.5 Å². The van der Waals surface area contributed by atoms with Gasteiger partial charge in [0.2, 0.25) is 0 Å². The zero-order valence-corrected chi connectivity index (χ0v) is 10.8. The number of nitrogens with zero attached hydrogens (tertiary/aromatic N) is 2. The van der Waals surface area contributed by atoms with Crippen LogP contribution in [-0.4, -0.2) is 9.78 Å². The standard InChI is InChI=1S/C10H12BrN3S/c1-7-8(2-10(3-12)15-7)5-14-6-9(11)4-13-14/h2,4,6H,3,5,12H2,1H3. The Morgan fingerprint density at radius 3 is 2.93 bits per heavy atom. The molecule has 15 heavy (non-hydrogen) atoms. The molecule has 0 spiro atoms. The van der Waals surface area contributed by atoms with Crippen molar-refractivity contribution in [2.75, 3.05) is 0 Å². The maximum atomic E-state index is 5.61. The van der Waals surface area contributed by atoms with Crippen LogP contribution in [0.4, 0.5) is 0 Å². The topological polar surface area (TPSA) is 43.8 Å². The summed E-state index contributed by atoms with van der Waals surface area (Å²) in [6.07, 6.45) is 3.77. The lowest BCUT2D eigenvalue weighted by atomic mass is 10.2. The first-order chi connectivity index (χ1) is 7.19. The molecule has 0 saturated carbocycles. The van der Waals surface area contributed by atoms with Gasteiger partial charge in [0.15, 0.2) is 0 Å². The van der Waals surface area contributed by atoms with Crippen LogP contribution in [0.1, 0.15) is 15.3 Å². The number of nitrogens with two attached hydrogens (primary N) is 1. The van der Waals surface area contributed by atoms with Crippen LogP contribution in [0.5, 0.6) is 0 Å². The van der Waals surface area contributed by atoms with Crippen molar-refractivity contribution in [1.82, 2.24) is 9.78 Å². The van der Waals surface area contributed by atoms with Gasteiger partial charge in [-0.1, -0.05) is 0 Å². The van der Waals surface area contributed by atoms with Gasteiger partial charge in [-0.15, -0.1) is 11.3 Å². The summed E-state index contributed by atoms with van der Waals surface area (Å²) in [6, 6.07) is 2.16. The number of aryl methyl sites for hydroxylation is 1. The van der Waals surface area contributed by atoms with Crippen molar-refractivity contribution in [2.45, 2.75) is 20.0 Å². The molecule has 0 unspecified atom stereocenters. The predicted molar refractivity (Wildman–Crippen MR) is 66.0 cm³/mol. The van der Waals surface area contributed by atoms with Crippen LogP contribution >= 0.6 is 27.3 Å². The monoisotopic (exact) mass is 285 g/mol. The van der Waals surface area contributed by atoms with Crippen molar-refractivity contribution in [1.29, 1.82) is 0 Å². The van der Waals surface area contributed by atoms with Crippen LogP contribution in [0.2, 0.25) is 0 Å². The summed E-state index contributed by atoms with van der Waals surface area (Å²) in [6.45, 7) is 3.56. The normalized spacial score (nSPS) is 10.9. The number of hydrogen-bond donors (Lipinski definition) is 1. The molecular weight excluding hydrogens is 274 g/mol. The zero-order valence-electron chi connectivity index (χ0n) is 8.40. The molecule has 0 aromatic carbocycles. The molecule has 0 amide bonds. The largest absolute Gasteiger partial charge is 0.326 e. The van der Waals surface area contributed by atoms with Gasteiger partial charge in [0, 0.05) is 22.5 Å². The van der Waals surface area contributed by atoms with E-state index in [1.54, 1.807) is 17.5 Å². The van der Waals surface area contributed by atoms with E-state index in [2.05, 4.69) is 34.0 Å². The lowest BCUT2D eigenvalue weighted by Crippen LogP contribution is -1.99. The van der Waals surface area contributed by atoms with E-state index in [-0.39, 0.29) is 0 Å². The van der Waals surface area contributed by atoms with Gasteiger partial charge in [0.1, 0.15) is 0 Å². The van der Waals surface area contributed by atoms with E-state index in [9.17, 15) is 0 Å². The fourth-order valence-corrected chi connectivity index (χ4v) is 2.70. The Bertz CT molecular complexity index is 461. The van der Waals surface area contributed by atoms with Crippen LogP contribution in [0.15, 0.2) is 22.9 Å². The lowest BCUT2D eigenvalue weighted by Gasteiger charge is -1.99. The van der Waals surface area contributed by atoms with Crippen LogP contribution in [0.3, 0.4) is 0 Å². The van der Waals surface area contributed by atoms with E-state index in [0.29, 0.717) is 6.54 Å². The first kappa shape index (κ1) is 10.9. The Morgan fingerprint density at radius 1 is 1.60 bits per heavy atom. The Labute approximate surface area is 101 Å². The number of hydrogen-bond acceptors (Lipinski definition) is 3. The van der Waals surface area contributed by atoms with Gasteiger partial charge >= 0.3 is 0 Å². The summed E-state index contributed by atoms with van der Waals surface area (Å²) in [5.41, 5.74) is 6.91. The fraction of sp³-hybridized carbons (Fsp3) is 0.300. The first-order valence-corrected chi connectivity index (χ1v) is 6.26. The number of rotatable bonds is 3. The van der Waals surface area contributed by atoms with Crippen molar-refractivity contribution in [3.05, 3.63) is 38.3 Å². The van der Waals surface area contributed by atoms with Crippen molar-refractivity contribution in [3.8, 4) is 0 Å². The highest BCUT2D eigenvalue weighted by atomic mass is 79.9. The summed E-state index contributed by atoms with van der Waals surface area (Å²) in [4.78, 5) is 2.55. The molecule has 0 aliphatic heterocycles. The predicted octanol–water partition coefficient (Wildman–Crippen LogP) is 2.52. The van der Waals surface area contributed by atoms with Gasteiger partial charge in [-0.2, -0.15) is 5.10 Å². The molecule has 0 aliphatic rings. The van der Waals surface area contributed by atoms with Crippen LogP contribution in [0.25, 0.3) is 0 Å². The Hall–Kier alpha value is -0.650. The van der Waals surface area contributed by atoms with Crippen LogP contribution in [-0.2, 0) is 13.1 Å². The average Bonchev–Trinajstić information content (AvgIpc) is 2.75. The maximum Gasteiger partial charge on any atom is 0.0670 e. The minimum absolute atomic E-state index is 0.619. The van der Waals surface area contributed by atoms with Gasteiger partial charge in [-0.3, -0.25) is 4.68 Å². The van der Waals surface area contributed by atoms with Crippen LogP contribution < -0.4 is 5.73 Å². The quantitative estimate of drug-likeness (QED) is 0.942. The van der Waals surface area contributed by atoms with E-state index < -0.39 is 0 Å². The van der Waals surface area contributed by atoms with E-state index in [4.69, 9.17) is 5.73 Å². The second kappa shape index (κ2) is 4.47. The van der Waals surface area contributed by atoms with Crippen molar-refractivity contribution in [2.24, 2.45) is 5.73 Å².